The van der Waals surface area contributed by atoms with Crippen LogP contribution < -0.4 is 4.72 Å². The van der Waals surface area contributed by atoms with Gasteiger partial charge in [0.15, 0.2) is 0 Å². The van der Waals surface area contributed by atoms with Crippen LogP contribution >= 0.6 is 0 Å². The van der Waals surface area contributed by atoms with Crippen LogP contribution in [-0.2, 0) is 21.4 Å². The molecule has 3 heterocycles. The molecule has 0 aromatic carbocycles. The van der Waals surface area contributed by atoms with E-state index < -0.39 is 10.0 Å². The molecule has 1 aliphatic carbocycles. The molecule has 0 saturated heterocycles. The molecular weight excluding hydrogens is 366 g/mol. The summed E-state index contributed by atoms with van der Waals surface area (Å²) < 4.78 is 33.8. The first kappa shape index (κ1) is 18.4. The number of nitrogens with one attached hydrogen (secondary N) is 2. The van der Waals surface area contributed by atoms with E-state index in [0.29, 0.717) is 6.61 Å². The lowest BCUT2D eigenvalue weighted by molar-refractivity contribution is 0.169. The third-order valence-corrected chi connectivity index (χ3v) is 7.06. The number of pyridine rings is 1. The summed E-state index contributed by atoms with van der Waals surface area (Å²) in [5, 5.41) is 1.06. The van der Waals surface area contributed by atoms with Crippen molar-refractivity contribution in [2.45, 2.75) is 38.3 Å². The lowest BCUT2D eigenvalue weighted by Crippen LogP contribution is -2.29. The Morgan fingerprint density at radius 3 is 2.81 bits per heavy atom. The van der Waals surface area contributed by atoms with Crippen molar-refractivity contribution in [2.75, 3.05) is 19.9 Å². The molecule has 0 aliphatic heterocycles. The number of imidazole rings is 1. The Bertz CT molecular complexity index is 1050. The van der Waals surface area contributed by atoms with Crippen LogP contribution in [-0.4, -0.2) is 47.8 Å². The Hall–Kier alpha value is -1.97. The molecule has 3 aromatic heterocycles. The molecule has 0 unspecified atom stereocenters. The van der Waals surface area contributed by atoms with E-state index in [2.05, 4.69) is 19.3 Å². The van der Waals surface area contributed by atoms with Crippen LogP contribution in [0.25, 0.3) is 22.1 Å². The Morgan fingerprint density at radius 2 is 2.11 bits per heavy atom. The molecule has 4 rings (SSSR count). The first-order chi connectivity index (χ1) is 13.0. The molecule has 146 valence electrons. The molecule has 1 fully saturated rings. The second-order valence-corrected chi connectivity index (χ2v) is 9.19. The SMILES string of the molecule is CNS(=O)(=O)C[C@H]1CC[C@H](n2c(COC)nc3cnc4[nH]ccc4c32)CC1. The number of rotatable bonds is 6. The van der Waals surface area contributed by atoms with E-state index in [1.54, 1.807) is 13.3 Å². The van der Waals surface area contributed by atoms with Gasteiger partial charge in [-0.25, -0.2) is 23.1 Å². The fourth-order valence-electron chi connectivity index (χ4n) is 4.23. The highest BCUT2D eigenvalue weighted by Crippen LogP contribution is 2.37. The molecule has 8 nitrogen and oxygen atoms in total. The number of ether oxygens (including phenoxy) is 1. The summed E-state index contributed by atoms with van der Waals surface area (Å²) in [6.07, 6.45) is 7.33. The summed E-state index contributed by atoms with van der Waals surface area (Å²) in [6.45, 7) is 0.439. The quantitative estimate of drug-likeness (QED) is 0.671. The van der Waals surface area contributed by atoms with Crippen LogP contribution in [0.3, 0.4) is 0 Å². The fourth-order valence-corrected chi connectivity index (χ4v) is 5.35. The van der Waals surface area contributed by atoms with Crippen LogP contribution in [0, 0.1) is 5.92 Å². The summed E-state index contributed by atoms with van der Waals surface area (Å²) in [7, 11) is -0.0128. The van der Waals surface area contributed by atoms with Gasteiger partial charge in [0.05, 0.1) is 17.5 Å². The monoisotopic (exact) mass is 391 g/mol. The van der Waals surface area contributed by atoms with E-state index in [0.717, 1.165) is 53.6 Å². The normalized spacial score (nSPS) is 21.3. The van der Waals surface area contributed by atoms with Gasteiger partial charge in [-0.1, -0.05) is 0 Å². The number of sulfonamides is 1. The third-order valence-electron chi connectivity index (χ3n) is 5.53. The summed E-state index contributed by atoms with van der Waals surface area (Å²) in [4.78, 5) is 12.4. The lowest BCUT2D eigenvalue weighted by atomic mass is 9.87. The molecule has 9 heteroatoms. The first-order valence-electron chi connectivity index (χ1n) is 9.25. The first-order valence-corrected chi connectivity index (χ1v) is 10.9. The molecule has 0 amide bonds. The van der Waals surface area contributed by atoms with Crippen LogP contribution in [0.1, 0.15) is 37.5 Å². The van der Waals surface area contributed by atoms with Crippen LogP contribution in [0.5, 0.6) is 0 Å². The highest BCUT2D eigenvalue weighted by atomic mass is 32.2. The average Bonchev–Trinajstić information content (AvgIpc) is 3.26. The number of hydrogen-bond acceptors (Lipinski definition) is 5. The Balaban J connectivity index is 1.67. The van der Waals surface area contributed by atoms with Gasteiger partial charge in [-0.3, -0.25) is 0 Å². The minimum absolute atomic E-state index is 0.202. The Labute approximate surface area is 158 Å². The van der Waals surface area contributed by atoms with Crippen LogP contribution in [0.2, 0.25) is 0 Å². The number of fused-ring (bicyclic) bond motifs is 3. The minimum Gasteiger partial charge on any atom is -0.377 e. The van der Waals surface area contributed by atoms with Crippen molar-refractivity contribution in [3.63, 3.8) is 0 Å². The topological polar surface area (TPSA) is 102 Å². The van der Waals surface area contributed by atoms with Crippen molar-refractivity contribution in [3.8, 4) is 0 Å². The number of methoxy groups -OCH3 is 1. The zero-order valence-corrected chi connectivity index (χ0v) is 16.4. The summed E-state index contributed by atoms with van der Waals surface area (Å²) in [6, 6.07) is 2.32. The molecule has 0 bridgehead atoms. The van der Waals surface area contributed by atoms with Gasteiger partial charge in [0, 0.05) is 24.7 Å². The standard InChI is InChI=1S/C18H25N5O3S/c1-19-27(24,25)11-12-3-5-13(6-4-12)23-16(10-26-2)22-15-9-21-18-14(17(15)23)7-8-20-18/h7-9,12-13,19H,3-6,10-11H2,1-2H3,(H,20,21)/t12-,13-. The predicted octanol–water partition coefficient (Wildman–Crippen LogP) is 2.34. The van der Waals surface area contributed by atoms with E-state index in [1.807, 2.05) is 12.3 Å². The van der Waals surface area contributed by atoms with Gasteiger partial charge >= 0.3 is 0 Å². The molecule has 0 radical (unpaired) electrons. The smallest absolute Gasteiger partial charge is 0.211 e. The van der Waals surface area contributed by atoms with Gasteiger partial charge in [0.2, 0.25) is 10.0 Å². The van der Waals surface area contributed by atoms with Gasteiger partial charge in [-0.2, -0.15) is 0 Å². The number of aromatic nitrogens is 4. The highest BCUT2D eigenvalue weighted by molar-refractivity contribution is 7.89. The number of hydrogen-bond donors (Lipinski definition) is 2. The average molecular weight is 391 g/mol. The number of aromatic amines is 1. The molecule has 1 aliphatic rings. The Morgan fingerprint density at radius 1 is 1.33 bits per heavy atom. The molecule has 0 atom stereocenters. The molecule has 1 saturated carbocycles. The van der Waals surface area contributed by atoms with Crippen molar-refractivity contribution in [1.29, 1.82) is 0 Å². The number of nitrogens with zero attached hydrogens (tertiary/aromatic N) is 3. The molecule has 2 N–H and O–H groups in total. The van der Waals surface area contributed by atoms with E-state index in [-0.39, 0.29) is 17.7 Å². The van der Waals surface area contributed by atoms with Gasteiger partial charge < -0.3 is 14.3 Å². The van der Waals surface area contributed by atoms with E-state index in [9.17, 15) is 8.42 Å². The highest BCUT2D eigenvalue weighted by Gasteiger charge is 2.28. The van der Waals surface area contributed by atoms with Crippen LogP contribution in [0.15, 0.2) is 18.5 Å². The molecule has 27 heavy (non-hydrogen) atoms. The minimum atomic E-state index is -3.16. The summed E-state index contributed by atoms with van der Waals surface area (Å²) in [5.74, 6) is 1.31. The van der Waals surface area contributed by atoms with E-state index in [4.69, 9.17) is 9.72 Å². The van der Waals surface area contributed by atoms with Crippen molar-refractivity contribution in [1.82, 2.24) is 24.2 Å². The third kappa shape index (κ3) is 3.46. The lowest BCUT2D eigenvalue weighted by Gasteiger charge is -2.30. The second kappa shape index (κ2) is 7.21. The van der Waals surface area contributed by atoms with Gasteiger partial charge in [0.25, 0.3) is 0 Å². The van der Waals surface area contributed by atoms with Gasteiger partial charge in [0.1, 0.15) is 23.6 Å². The maximum atomic E-state index is 11.9. The van der Waals surface area contributed by atoms with Crippen molar-refractivity contribution in [2.24, 2.45) is 5.92 Å². The van der Waals surface area contributed by atoms with E-state index >= 15 is 0 Å². The summed E-state index contributed by atoms with van der Waals surface area (Å²) >= 11 is 0. The van der Waals surface area contributed by atoms with Crippen molar-refractivity contribution < 1.29 is 13.2 Å². The predicted molar refractivity (Wildman–Crippen MR) is 104 cm³/mol. The second-order valence-electron chi connectivity index (χ2n) is 7.22. The van der Waals surface area contributed by atoms with Crippen LogP contribution in [0.4, 0.5) is 0 Å². The molecule has 3 aromatic rings. The van der Waals surface area contributed by atoms with E-state index in [1.165, 1.54) is 7.05 Å². The zero-order valence-electron chi connectivity index (χ0n) is 15.6. The maximum Gasteiger partial charge on any atom is 0.211 e. The molecule has 0 spiro atoms. The van der Waals surface area contributed by atoms with Gasteiger partial charge in [-0.05, 0) is 44.7 Å². The largest absolute Gasteiger partial charge is 0.377 e. The maximum absolute atomic E-state index is 11.9. The number of H-pyrrole nitrogens is 1. The fraction of sp³-hybridized carbons (Fsp3) is 0.556. The van der Waals surface area contributed by atoms with Gasteiger partial charge in [-0.15, -0.1) is 0 Å². The van der Waals surface area contributed by atoms with Crippen molar-refractivity contribution >= 4 is 32.1 Å². The Kier molecular flexibility index (Phi) is 4.92. The zero-order chi connectivity index (χ0) is 19.0. The molecular formula is C18H25N5O3S. The summed E-state index contributed by atoms with van der Waals surface area (Å²) in [5.41, 5.74) is 2.80. The van der Waals surface area contributed by atoms with Crippen molar-refractivity contribution in [3.05, 3.63) is 24.3 Å².